The van der Waals surface area contributed by atoms with Gasteiger partial charge in [0, 0.05) is 35.5 Å². The van der Waals surface area contributed by atoms with E-state index in [1.807, 2.05) is 45.9 Å². The average molecular weight is 516 g/mol. The van der Waals surface area contributed by atoms with Gasteiger partial charge in [-0.25, -0.2) is 4.79 Å². The number of anilines is 1. The van der Waals surface area contributed by atoms with Crippen molar-refractivity contribution in [1.29, 1.82) is 0 Å². The molecule has 1 aromatic heterocycles. The van der Waals surface area contributed by atoms with Gasteiger partial charge in [-0.2, -0.15) is 0 Å². The summed E-state index contributed by atoms with van der Waals surface area (Å²) < 4.78 is 5.56. The predicted molar refractivity (Wildman–Crippen MR) is 146 cm³/mol. The van der Waals surface area contributed by atoms with Gasteiger partial charge in [0.05, 0.1) is 23.6 Å². The number of pyridine rings is 1. The molecule has 1 atom stereocenters. The number of carboxylic acid groups (broad SMARTS) is 1. The maximum Gasteiger partial charge on any atom is 0.335 e. The summed E-state index contributed by atoms with van der Waals surface area (Å²) in [5.41, 5.74) is 4.20. The van der Waals surface area contributed by atoms with Crippen molar-refractivity contribution in [3.63, 3.8) is 0 Å². The maximum atomic E-state index is 13.1. The molecular weight excluding hydrogens is 482 g/mol. The molecule has 0 saturated carbocycles. The third kappa shape index (κ3) is 6.44. The first-order valence-electron chi connectivity index (χ1n) is 12.7. The molecular formula is C30H33N3O5. The Morgan fingerprint density at radius 2 is 1.71 bits per heavy atom. The molecule has 1 unspecified atom stereocenters. The van der Waals surface area contributed by atoms with Crippen LogP contribution < -0.4 is 10.6 Å². The normalized spacial score (nSPS) is 15.2. The van der Waals surface area contributed by atoms with E-state index in [1.165, 1.54) is 6.07 Å². The Bertz CT molecular complexity index is 1350. The molecule has 3 N–H and O–H groups in total. The number of ether oxygens (including phenoxy) is 1. The van der Waals surface area contributed by atoms with Gasteiger partial charge >= 0.3 is 5.97 Å². The zero-order chi connectivity index (χ0) is 27.4. The fourth-order valence-electron chi connectivity index (χ4n) is 4.33. The first kappa shape index (κ1) is 27.0. The van der Waals surface area contributed by atoms with Gasteiger partial charge in [-0.3, -0.25) is 14.6 Å². The number of benzene rings is 2. The van der Waals surface area contributed by atoms with Gasteiger partial charge in [0.1, 0.15) is 0 Å². The number of aromatic carboxylic acids is 1. The highest BCUT2D eigenvalue weighted by atomic mass is 16.5. The van der Waals surface area contributed by atoms with Gasteiger partial charge in [-0.05, 0) is 72.7 Å². The average Bonchev–Trinajstić information content (AvgIpc) is 3.41. The van der Waals surface area contributed by atoms with Crippen molar-refractivity contribution in [2.75, 3.05) is 18.5 Å². The molecule has 0 aliphatic carbocycles. The molecule has 1 aliphatic heterocycles. The summed E-state index contributed by atoms with van der Waals surface area (Å²) in [5.74, 6) is -1.66. The molecule has 38 heavy (non-hydrogen) atoms. The zero-order valence-electron chi connectivity index (χ0n) is 22.1. The van der Waals surface area contributed by atoms with Crippen LogP contribution in [0.15, 0.2) is 54.7 Å². The molecule has 2 heterocycles. The highest BCUT2D eigenvalue weighted by Gasteiger charge is 2.20. The lowest BCUT2D eigenvalue weighted by atomic mass is 9.85. The van der Waals surface area contributed by atoms with Crippen LogP contribution in [0.1, 0.15) is 75.9 Å². The Hall–Kier alpha value is -4.04. The summed E-state index contributed by atoms with van der Waals surface area (Å²) in [6.07, 6.45) is 3.63. The molecule has 1 aliphatic rings. The number of hydrogen-bond donors (Lipinski definition) is 3. The van der Waals surface area contributed by atoms with E-state index in [2.05, 4.69) is 15.6 Å². The topological polar surface area (TPSA) is 118 Å². The molecule has 8 nitrogen and oxygen atoms in total. The van der Waals surface area contributed by atoms with Crippen LogP contribution in [0, 0.1) is 6.92 Å². The second kappa shape index (κ2) is 11.1. The van der Waals surface area contributed by atoms with Crippen LogP contribution in [0.5, 0.6) is 0 Å². The van der Waals surface area contributed by atoms with Crippen molar-refractivity contribution in [3.8, 4) is 11.1 Å². The van der Waals surface area contributed by atoms with E-state index < -0.39 is 11.9 Å². The molecule has 0 radical (unpaired) electrons. The van der Waals surface area contributed by atoms with E-state index in [0.29, 0.717) is 17.8 Å². The summed E-state index contributed by atoms with van der Waals surface area (Å²) in [4.78, 5) is 41.7. The molecule has 3 aromatic rings. The maximum absolute atomic E-state index is 13.1. The van der Waals surface area contributed by atoms with Crippen LogP contribution >= 0.6 is 0 Å². The van der Waals surface area contributed by atoms with Crippen LogP contribution in [0.2, 0.25) is 0 Å². The number of amides is 2. The molecule has 198 valence electrons. The molecule has 1 saturated heterocycles. The molecule has 2 aromatic carbocycles. The van der Waals surface area contributed by atoms with Crippen molar-refractivity contribution in [2.45, 2.75) is 52.1 Å². The van der Waals surface area contributed by atoms with Crippen molar-refractivity contribution >= 4 is 23.5 Å². The molecule has 2 amide bonds. The summed E-state index contributed by atoms with van der Waals surface area (Å²) in [6.45, 7) is 9.00. The van der Waals surface area contributed by atoms with E-state index in [1.54, 1.807) is 30.5 Å². The Balaban J connectivity index is 1.51. The molecule has 4 rings (SSSR count). The summed E-state index contributed by atoms with van der Waals surface area (Å²) in [5, 5.41) is 15.3. The van der Waals surface area contributed by atoms with Crippen molar-refractivity contribution < 1.29 is 24.2 Å². The van der Waals surface area contributed by atoms with Crippen LogP contribution in [0.25, 0.3) is 11.1 Å². The van der Waals surface area contributed by atoms with E-state index >= 15 is 0 Å². The number of hydrogen-bond acceptors (Lipinski definition) is 5. The number of carbonyl (C=O) groups excluding carboxylic acids is 2. The zero-order valence-corrected chi connectivity index (χ0v) is 22.1. The van der Waals surface area contributed by atoms with Gasteiger partial charge in [-0.15, -0.1) is 0 Å². The van der Waals surface area contributed by atoms with Gasteiger partial charge in [0.15, 0.2) is 0 Å². The molecule has 0 spiro atoms. The van der Waals surface area contributed by atoms with E-state index in [0.717, 1.165) is 41.8 Å². The number of aryl methyl sites for hydroxylation is 1. The number of carbonyl (C=O) groups is 3. The standard InChI is InChI=1S/C30H33N3O5/c1-18-26(19-7-9-20(10-8-19)27(34)32-17-25-6-5-11-38-25)15-24(16-31-18)33-28(35)21-12-22(29(36)37)14-23(13-21)30(2,3)4/h7-10,12-16,25H,5-6,11,17H2,1-4H3,(H,32,34)(H,33,35)(H,36,37). The van der Waals surface area contributed by atoms with Crippen LogP contribution in [0.4, 0.5) is 5.69 Å². The van der Waals surface area contributed by atoms with Crippen LogP contribution in [0.3, 0.4) is 0 Å². The number of rotatable bonds is 7. The summed E-state index contributed by atoms with van der Waals surface area (Å²) >= 11 is 0. The highest BCUT2D eigenvalue weighted by Crippen LogP contribution is 2.28. The van der Waals surface area contributed by atoms with Crippen molar-refractivity contribution in [1.82, 2.24) is 10.3 Å². The number of aromatic nitrogens is 1. The second-order valence-corrected chi connectivity index (χ2v) is 10.6. The van der Waals surface area contributed by atoms with Gasteiger partial charge in [-0.1, -0.05) is 32.9 Å². The lowest BCUT2D eigenvalue weighted by Gasteiger charge is -2.20. The third-order valence-electron chi connectivity index (χ3n) is 6.63. The first-order chi connectivity index (χ1) is 18.0. The van der Waals surface area contributed by atoms with Gasteiger partial charge in [0.25, 0.3) is 11.8 Å². The third-order valence-corrected chi connectivity index (χ3v) is 6.63. The van der Waals surface area contributed by atoms with Gasteiger partial charge < -0.3 is 20.5 Å². The summed E-state index contributed by atoms with van der Waals surface area (Å²) in [7, 11) is 0. The second-order valence-electron chi connectivity index (χ2n) is 10.6. The lowest BCUT2D eigenvalue weighted by Crippen LogP contribution is -2.31. The highest BCUT2D eigenvalue weighted by molar-refractivity contribution is 6.06. The Morgan fingerprint density at radius 3 is 2.34 bits per heavy atom. The van der Waals surface area contributed by atoms with E-state index in [4.69, 9.17) is 4.74 Å². The molecule has 8 heteroatoms. The Kier molecular flexibility index (Phi) is 7.92. The van der Waals surface area contributed by atoms with Crippen molar-refractivity contribution in [2.24, 2.45) is 0 Å². The Morgan fingerprint density at radius 1 is 1.00 bits per heavy atom. The fourth-order valence-corrected chi connectivity index (χ4v) is 4.33. The SMILES string of the molecule is Cc1ncc(NC(=O)c2cc(C(=O)O)cc(C(C)(C)C)c2)cc1-c1ccc(C(=O)NCC2CCCO2)cc1. The minimum absolute atomic E-state index is 0.0604. The summed E-state index contributed by atoms with van der Waals surface area (Å²) in [6, 6.07) is 13.7. The minimum atomic E-state index is -1.09. The lowest BCUT2D eigenvalue weighted by molar-refractivity contribution is 0.0696. The first-order valence-corrected chi connectivity index (χ1v) is 12.7. The smallest absolute Gasteiger partial charge is 0.335 e. The molecule has 0 bridgehead atoms. The minimum Gasteiger partial charge on any atom is -0.478 e. The fraction of sp³-hybridized carbons (Fsp3) is 0.333. The van der Waals surface area contributed by atoms with Crippen LogP contribution in [-0.2, 0) is 10.2 Å². The molecule has 1 fully saturated rings. The van der Waals surface area contributed by atoms with E-state index in [9.17, 15) is 19.5 Å². The number of nitrogens with one attached hydrogen (secondary N) is 2. The largest absolute Gasteiger partial charge is 0.478 e. The van der Waals surface area contributed by atoms with Crippen LogP contribution in [-0.4, -0.2) is 47.1 Å². The number of carboxylic acids is 1. The monoisotopic (exact) mass is 515 g/mol. The quantitative estimate of drug-likeness (QED) is 0.397. The predicted octanol–water partition coefficient (Wildman–Crippen LogP) is 5.21. The number of nitrogens with zero attached hydrogens (tertiary/aromatic N) is 1. The Labute approximate surface area is 222 Å². The van der Waals surface area contributed by atoms with Crippen molar-refractivity contribution in [3.05, 3.63) is 82.7 Å². The van der Waals surface area contributed by atoms with E-state index in [-0.39, 0.29) is 28.6 Å². The van der Waals surface area contributed by atoms with Gasteiger partial charge in [0.2, 0.25) is 0 Å².